The highest BCUT2D eigenvalue weighted by Crippen LogP contribution is 2.13. The maximum Gasteiger partial charge on any atom is 0.138 e. The Morgan fingerprint density at radius 1 is 1.36 bits per heavy atom. The van der Waals surface area contributed by atoms with Crippen molar-refractivity contribution in [3.8, 4) is 0 Å². The smallest absolute Gasteiger partial charge is 0.138 e. The fourth-order valence-corrected chi connectivity index (χ4v) is 1.91. The van der Waals surface area contributed by atoms with E-state index in [0.717, 1.165) is 15.8 Å². The van der Waals surface area contributed by atoms with Gasteiger partial charge in [0.05, 0.1) is 0 Å². The van der Waals surface area contributed by atoms with Crippen molar-refractivity contribution in [1.29, 1.82) is 0 Å². The van der Waals surface area contributed by atoms with Crippen LogP contribution in [0.2, 0.25) is 0 Å². The molecule has 0 aromatic heterocycles. The molecular formula is C11H15NS2. The van der Waals surface area contributed by atoms with Crippen LogP contribution in [0.15, 0.2) is 30.3 Å². The van der Waals surface area contributed by atoms with E-state index in [4.69, 9.17) is 12.2 Å². The molecule has 0 radical (unpaired) electrons. The van der Waals surface area contributed by atoms with Gasteiger partial charge in [-0.15, -0.1) is 0 Å². The monoisotopic (exact) mass is 225 g/mol. The maximum absolute atomic E-state index is 5.21. The molecule has 0 spiro atoms. The quantitative estimate of drug-likeness (QED) is 0.786. The van der Waals surface area contributed by atoms with Gasteiger partial charge in [-0.2, -0.15) is 0 Å². The summed E-state index contributed by atoms with van der Waals surface area (Å²) in [4.78, 5) is 0. The summed E-state index contributed by atoms with van der Waals surface area (Å²) in [5.74, 6) is 1.74. The third-order valence-corrected chi connectivity index (χ3v) is 3.22. The lowest BCUT2D eigenvalue weighted by Gasteiger charge is -2.08. The van der Waals surface area contributed by atoms with Crippen LogP contribution in [0.5, 0.6) is 0 Å². The Hall–Kier alpha value is -0.540. The van der Waals surface area contributed by atoms with Crippen LogP contribution in [0.25, 0.3) is 0 Å². The minimum Gasteiger partial charge on any atom is -0.341 e. The molecule has 1 aromatic rings. The lowest BCUT2D eigenvalue weighted by Crippen LogP contribution is -2.06. The standard InChI is InChI=1S/C11H15NS2/c1-9(2)8-14-11(13)12-10-6-4-3-5-7-10/h3-7,9H,8H2,1-2H3,(H,12,13). The molecule has 1 aromatic carbocycles. The van der Waals surface area contributed by atoms with Crippen LogP contribution >= 0.6 is 24.0 Å². The number of para-hydroxylation sites is 1. The summed E-state index contributed by atoms with van der Waals surface area (Å²) in [7, 11) is 0. The van der Waals surface area contributed by atoms with Crippen LogP contribution in [-0.2, 0) is 0 Å². The molecule has 0 amide bonds. The summed E-state index contributed by atoms with van der Waals surface area (Å²) in [6, 6.07) is 10.0. The molecule has 0 aliphatic rings. The van der Waals surface area contributed by atoms with Gasteiger partial charge in [0.2, 0.25) is 0 Å². The van der Waals surface area contributed by atoms with E-state index in [2.05, 4.69) is 19.2 Å². The Kier molecular flexibility index (Phi) is 4.98. The number of benzene rings is 1. The summed E-state index contributed by atoms with van der Waals surface area (Å²) in [5.41, 5.74) is 1.06. The van der Waals surface area contributed by atoms with E-state index in [1.54, 1.807) is 11.8 Å². The lowest BCUT2D eigenvalue weighted by molar-refractivity contribution is 0.752. The Bertz CT molecular complexity index is 283. The SMILES string of the molecule is CC(C)CSC(=S)Nc1ccccc1. The number of anilines is 1. The van der Waals surface area contributed by atoms with Crippen molar-refractivity contribution in [3.63, 3.8) is 0 Å². The van der Waals surface area contributed by atoms with Crippen LogP contribution in [0.4, 0.5) is 5.69 Å². The molecule has 0 heterocycles. The maximum atomic E-state index is 5.21. The molecule has 14 heavy (non-hydrogen) atoms. The normalized spacial score (nSPS) is 10.2. The average Bonchev–Trinajstić information content (AvgIpc) is 2.16. The van der Waals surface area contributed by atoms with Gasteiger partial charge >= 0.3 is 0 Å². The Labute approximate surface area is 95.3 Å². The molecule has 1 N–H and O–H groups in total. The van der Waals surface area contributed by atoms with Crippen molar-refractivity contribution in [2.45, 2.75) is 13.8 Å². The van der Waals surface area contributed by atoms with E-state index < -0.39 is 0 Å². The molecule has 0 aliphatic carbocycles. The van der Waals surface area contributed by atoms with Gasteiger partial charge in [0.1, 0.15) is 4.32 Å². The number of rotatable bonds is 3. The van der Waals surface area contributed by atoms with Gasteiger partial charge < -0.3 is 5.32 Å². The Balaban J connectivity index is 2.35. The first kappa shape index (κ1) is 11.5. The van der Waals surface area contributed by atoms with E-state index in [0.29, 0.717) is 5.92 Å². The number of thiocarbonyl (C=S) groups is 1. The molecule has 0 aliphatic heterocycles. The number of hydrogen-bond donors (Lipinski definition) is 1. The first-order valence-electron chi connectivity index (χ1n) is 4.67. The number of hydrogen-bond acceptors (Lipinski definition) is 2. The average molecular weight is 225 g/mol. The fraction of sp³-hybridized carbons (Fsp3) is 0.364. The minimum atomic E-state index is 0.676. The highest BCUT2D eigenvalue weighted by atomic mass is 32.2. The van der Waals surface area contributed by atoms with Gasteiger partial charge in [0.15, 0.2) is 0 Å². The molecule has 1 nitrogen and oxygen atoms in total. The molecule has 76 valence electrons. The zero-order valence-electron chi connectivity index (χ0n) is 8.49. The van der Waals surface area contributed by atoms with Crippen molar-refractivity contribution in [2.75, 3.05) is 11.1 Å². The first-order valence-corrected chi connectivity index (χ1v) is 6.06. The second-order valence-electron chi connectivity index (χ2n) is 3.48. The predicted octanol–water partition coefficient (Wildman–Crippen LogP) is 3.77. The Morgan fingerprint density at radius 2 is 2.00 bits per heavy atom. The third kappa shape index (κ3) is 4.63. The molecule has 0 fully saturated rings. The largest absolute Gasteiger partial charge is 0.341 e. The van der Waals surface area contributed by atoms with E-state index in [1.807, 2.05) is 30.3 Å². The second kappa shape index (κ2) is 6.04. The van der Waals surface area contributed by atoms with Crippen LogP contribution < -0.4 is 5.32 Å². The van der Waals surface area contributed by atoms with Gasteiger partial charge in [-0.05, 0) is 18.1 Å². The van der Waals surface area contributed by atoms with E-state index in [-0.39, 0.29) is 0 Å². The fourth-order valence-electron chi connectivity index (χ4n) is 0.918. The molecule has 0 saturated heterocycles. The Morgan fingerprint density at radius 3 is 2.57 bits per heavy atom. The summed E-state index contributed by atoms with van der Waals surface area (Å²) in [6.07, 6.45) is 0. The van der Waals surface area contributed by atoms with Crippen LogP contribution in [-0.4, -0.2) is 10.1 Å². The highest BCUT2D eigenvalue weighted by molar-refractivity contribution is 8.23. The number of thioether (sulfide) groups is 1. The van der Waals surface area contributed by atoms with Gasteiger partial charge in [-0.3, -0.25) is 0 Å². The van der Waals surface area contributed by atoms with Gasteiger partial charge in [0, 0.05) is 11.4 Å². The van der Waals surface area contributed by atoms with Crippen molar-refractivity contribution in [3.05, 3.63) is 30.3 Å². The summed E-state index contributed by atoms with van der Waals surface area (Å²) >= 11 is 6.91. The van der Waals surface area contributed by atoms with Crippen LogP contribution in [0.1, 0.15) is 13.8 Å². The second-order valence-corrected chi connectivity index (χ2v) is 5.18. The van der Waals surface area contributed by atoms with Crippen molar-refractivity contribution >= 4 is 34.0 Å². The molecule has 3 heteroatoms. The molecule has 0 unspecified atom stereocenters. The zero-order valence-corrected chi connectivity index (χ0v) is 10.1. The molecule has 1 rings (SSSR count). The van der Waals surface area contributed by atoms with E-state index in [1.165, 1.54) is 0 Å². The van der Waals surface area contributed by atoms with Crippen LogP contribution in [0.3, 0.4) is 0 Å². The number of nitrogens with one attached hydrogen (secondary N) is 1. The summed E-state index contributed by atoms with van der Waals surface area (Å²) in [5, 5.41) is 3.19. The van der Waals surface area contributed by atoms with E-state index >= 15 is 0 Å². The van der Waals surface area contributed by atoms with Crippen molar-refractivity contribution in [1.82, 2.24) is 0 Å². The predicted molar refractivity (Wildman–Crippen MR) is 70.0 cm³/mol. The zero-order chi connectivity index (χ0) is 10.4. The molecule has 0 bridgehead atoms. The molecule has 0 saturated carbocycles. The van der Waals surface area contributed by atoms with Gasteiger partial charge in [0.25, 0.3) is 0 Å². The van der Waals surface area contributed by atoms with Crippen molar-refractivity contribution < 1.29 is 0 Å². The van der Waals surface area contributed by atoms with Gasteiger partial charge in [-0.1, -0.05) is 56.0 Å². The molecule has 0 atom stereocenters. The topological polar surface area (TPSA) is 12.0 Å². The summed E-state index contributed by atoms with van der Waals surface area (Å²) < 4.78 is 0.852. The van der Waals surface area contributed by atoms with Gasteiger partial charge in [-0.25, -0.2) is 0 Å². The lowest BCUT2D eigenvalue weighted by atomic mass is 10.3. The third-order valence-electron chi connectivity index (χ3n) is 1.57. The minimum absolute atomic E-state index is 0.676. The highest BCUT2D eigenvalue weighted by Gasteiger charge is 2.00. The van der Waals surface area contributed by atoms with Crippen molar-refractivity contribution in [2.24, 2.45) is 5.92 Å². The van der Waals surface area contributed by atoms with E-state index in [9.17, 15) is 0 Å². The first-order chi connectivity index (χ1) is 6.68. The van der Waals surface area contributed by atoms with Crippen LogP contribution in [0, 0.1) is 5.92 Å². The summed E-state index contributed by atoms with van der Waals surface area (Å²) in [6.45, 7) is 4.39. The molecular weight excluding hydrogens is 210 g/mol.